The number of carbonyl (C=O) groups excluding carboxylic acids is 2. The Morgan fingerprint density at radius 2 is 1.82 bits per heavy atom. The molecule has 0 radical (unpaired) electrons. The largest absolute Gasteiger partial charge is 0.352 e. The molecule has 2 fully saturated rings. The maximum absolute atomic E-state index is 13.2. The normalized spacial score (nSPS) is 19.1. The van der Waals surface area contributed by atoms with Crippen molar-refractivity contribution in [2.45, 2.75) is 83.8 Å². The summed E-state index contributed by atoms with van der Waals surface area (Å²) < 4.78 is 0. The van der Waals surface area contributed by atoms with Crippen molar-refractivity contribution < 1.29 is 9.59 Å². The van der Waals surface area contributed by atoms with Crippen LogP contribution >= 0.6 is 0 Å². The molecule has 1 aromatic rings. The zero-order valence-corrected chi connectivity index (χ0v) is 17.4. The van der Waals surface area contributed by atoms with Crippen LogP contribution in [0.4, 0.5) is 5.95 Å². The van der Waals surface area contributed by atoms with Crippen molar-refractivity contribution in [2.24, 2.45) is 0 Å². The van der Waals surface area contributed by atoms with Crippen LogP contribution in [0.2, 0.25) is 0 Å². The Morgan fingerprint density at radius 3 is 2.36 bits per heavy atom. The summed E-state index contributed by atoms with van der Waals surface area (Å²) in [7, 11) is 0. The van der Waals surface area contributed by atoms with Gasteiger partial charge in [-0.2, -0.15) is 0 Å². The lowest BCUT2D eigenvalue weighted by Gasteiger charge is -2.32. The minimum Gasteiger partial charge on any atom is -0.352 e. The minimum atomic E-state index is -0.0115. The number of rotatable bonds is 9. The van der Waals surface area contributed by atoms with E-state index in [0.29, 0.717) is 30.1 Å². The van der Waals surface area contributed by atoms with Crippen LogP contribution in [0.15, 0.2) is 12.4 Å². The summed E-state index contributed by atoms with van der Waals surface area (Å²) in [6.07, 6.45) is 10.7. The minimum absolute atomic E-state index is 0.0115. The molecule has 1 aromatic heterocycles. The molecule has 1 aliphatic carbocycles. The maximum atomic E-state index is 13.2. The van der Waals surface area contributed by atoms with Crippen LogP contribution < -0.4 is 10.2 Å². The van der Waals surface area contributed by atoms with Gasteiger partial charge in [0.15, 0.2) is 0 Å². The number of nitrogens with one attached hydrogen (secondary N) is 1. The number of amides is 2. The second kappa shape index (κ2) is 9.34. The molecule has 2 amide bonds. The van der Waals surface area contributed by atoms with Gasteiger partial charge in [-0.05, 0) is 32.1 Å². The second-order valence-corrected chi connectivity index (χ2v) is 8.08. The van der Waals surface area contributed by atoms with Gasteiger partial charge >= 0.3 is 0 Å². The average molecular weight is 388 g/mol. The van der Waals surface area contributed by atoms with Crippen molar-refractivity contribution in [2.75, 3.05) is 18.0 Å². The number of hydrogen-bond acceptors (Lipinski definition) is 5. The molecular formula is C21H33N5O2. The summed E-state index contributed by atoms with van der Waals surface area (Å²) in [5.74, 6) is 0.683. The molecule has 1 N–H and O–H groups in total. The summed E-state index contributed by atoms with van der Waals surface area (Å²) in [5.41, 5.74) is 0.575. The van der Waals surface area contributed by atoms with Crippen molar-refractivity contribution in [3.05, 3.63) is 18.0 Å². The molecule has 2 heterocycles. The summed E-state index contributed by atoms with van der Waals surface area (Å²) >= 11 is 0. The molecular weight excluding hydrogens is 354 g/mol. The van der Waals surface area contributed by atoms with E-state index in [1.165, 1.54) is 6.92 Å². The third kappa shape index (κ3) is 5.00. The molecule has 0 aromatic carbocycles. The van der Waals surface area contributed by atoms with Crippen LogP contribution in [0.1, 0.15) is 76.1 Å². The van der Waals surface area contributed by atoms with Crippen molar-refractivity contribution in [1.82, 2.24) is 20.2 Å². The van der Waals surface area contributed by atoms with E-state index < -0.39 is 0 Å². The predicted octanol–water partition coefficient (Wildman–Crippen LogP) is 2.76. The van der Waals surface area contributed by atoms with Crippen LogP contribution in [0.5, 0.6) is 0 Å². The first-order valence-electron chi connectivity index (χ1n) is 10.7. The van der Waals surface area contributed by atoms with Gasteiger partial charge in [-0.25, -0.2) is 9.97 Å². The fourth-order valence-electron chi connectivity index (χ4n) is 4.16. The molecule has 0 unspecified atom stereocenters. The Hall–Kier alpha value is -2.18. The van der Waals surface area contributed by atoms with Crippen LogP contribution in [0.3, 0.4) is 0 Å². The standard InChI is InChI=1S/C21H33N5O2/c1-4-6-18(7-5-2)26(19-8-9-19)20(28)16-12-22-21(23-13-16)25-11-10-17(14-25)24-15(3)27/h12-13,17-19H,4-11,14H2,1-3H3,(H,24,27)/t17-/m1/s1. The third-order valence-corrected chi connectivity index (χ3v) is 5.58. The highest BCUT2D eigenvalue weighted by Crippen LogP contribution is 2.32. The molecule has 0 bridgehead atoms. The maximum Gasteiger partial charge on any atom is 0.257 e. The molecule has 28 heavy (non-hydrogen) atoms. The molecule has 0 spiro atoms. The highest BCUT2D eigenvalue weighted by Gasteiger charge is 2.37. The molecule has 1 saturated carbocycles. The van der Waals surface area contributed by atoms with Crippen molar-refractivity contribution in [1.29, 1.82) is 0 Å². The van der Waals surface area contributed by atoms with Gasteiger partial charge in [0.2, 0.25) is 11.9 Å². The van der Waals surface area contributed by atoms with Crippen LogP contribution in [-0.2, 0) is 4.79 Å². The zero-order valence-electron chi connectivity index (χ0n) is 17.4. The Labute approximate surface area is 167 Å². The first kappa shape index (κ1) is 20.6. The first-order valence-corrected chi connectivity index (χ1v) is 10.7. The first-order chi connectivity index (χ1) is 13.5. The summed E-state index contributed by atoms with van der Waals surface area (Å²) in [4.78, 5) is 37.5. The van der Waals surface area contributed by atoms with Gasteiger partial charge in [-0.1, -0.05) is 26.7 Å². The SMILES string of the molecule is CCCC(CCC)N(C(=O)c1cnc(N2CC[C@@H](NC(C)=O)C2)nc1)C1CC1. The molecule has 154 valence electrons. The van der Waals surface area contributed by atoms with E-state index in [9.17, 15) is 9.59 Å². The van der Waals surface area contributed by atoms with Crippen molar-refractivity contribution in [3.63, 3.8) is 0 Å². The summed E-state index contributed by atoms with van der Waals surface area (Å²) in [5, 5.41) is 2.94. The van der Waals surface area contributed by atoms with Gasteiger partial charge in [0.1, 0.15) is 0 Å². The van der Waals surface area contributed by atoms with Crippen LogP contribution in [0, 0.1) is 0 Å². The molecule has 2 aliphatic rings. The van der Waals surface area contributed by atoms with E-state index in [0.717, 1.165) is 51.5 Å². The third-order valence-electron chi connectivity index (χ3n) is 5.58. The molecule has 1 aliphatic heterocycles. The smallest absolute Gasteiger partial charge is 0.257 e. The number of carbonyl (C=O) groups is 2. The fourth-order valence-corrected chi connectivity index (χ4v) is 4.16. The zero-order chi connectivity index (χ0) is 20.1. The van der Waals surface area contributed by atoms with E-state index in [1.807, 2.05) is 0 Å². The van der Waals surface area contributed by atoms with Gasteiger partial charge in [0.05, 0.1) is 5.56 Å². The molecule has 7 heteroatoms. The van der Waals surface area contributed by atoms with Gasteiger partial charge in [0.25, 0.3) is 5.91 Å². The quantitative estimate of drug-likeness (QED) is 0.705. The van der Waals surface area contributed by atoms with E-state index in [-0.39, 0.29) is 17.9 Å². The molecule has 3 rings (SSSR count). The second-order valence-electron chi connectivity index (χ2n) is 8.08. The van der Waals surface area contributed by atoms with Crippen LogP contribution in [0.25, 0.3) is 0 Å². The number of aromatic nitrogens is 2. The number of hydrogen-bond donors (Lipinski definition) is 1. The molecule has 1 atom stereocenters. The van der Waals surface area contributed by atoms with E-state index in [4.69, 9.17) is 0 Å². The Morgan fingerprint density at radius 1 is 1.18 bits per heavy atom. The lowest BCUT2D eigenvalue weighted by molar-refractivity contribution is -0.119. The van der Waals surface area contributed by atoms with Gasteiger partial charge in [-0.3, -0.25) is 9.59 Å². The molecule has 1 saturated heterocycles. The monoisotopic (exact) mass is 387 g/mol. The van der Waals surface area contributed by atoms with Crippen LogP contribution in [-0.4, -0.2) is 57.9 Å². The van der Waals surface area contributed by atoms with E-state index >= 15 is 0 Å². The topological polar surface area (TPSA) is 78.4 Å². The average Bonchev–Trinajstić information content (AvgIpc) is 3.40. The Kier molecular flexibility index (Phi) is 6.86. The fraction of sp³-hybridized carbons (Fsp3) is 0.714. The van der Waals surface area contributed by atoms with Crippen molar-refractivity contribution in [3.8, 4) is 0 Å². The number of anilines is 1. The highest BCUT2D eigenvalue weighted by molar-refractivity contribution is 5.94. The summed E-state index contributed by atoms with van der Waals surface area (Å²) in [6.45, 7) is 7.41. The van der Waals surface area contributed by atoms with Gasteiger partial charge in [-0.15, -0.1) is 0 Å². The lowest BCUT2D eigenvalue weighted by Crippen LogP contribution is -2.42. The Bertz CT molecular complexity index is 668. The summed E-state index contributed by atoms with van der Waals surface area (Å²) in [6, 6.07) is 0.829. The van der Waals surface area contributed by atoms with Gasteiger partial charge in [0, 0.05) is 50.5 Å². The lowest BCUT2D eigenvalue weighted by atomic mass is 10.0. The Balaban J connectivity index is 1.68. The predicted molar refractivity (Wildman–Crippen MR) is 109 cm³/mol. The van der Waals surface area contributed by atoms with Gasteiger partial charge < -0.3 is 15.1 Å². The molecule has 7 nitrogen and oxygen atoms in total. The van der Waals surface area contributed by atoms with E-state index in [2.05, 4.69) is 38.9 Å². The van der Waals surface area contributed by atoms with Crippen molar-refractivity contribution >= 4 is 17.8 Å². The highest BCUT2D eigenvalue weighted by atomic mass is 16.2. The number of nitrogens with zero attached hydrogens (tertiary/aromatic N) is 4. The van der Waals surface area contributed by atoms with E-state index in [1.54, 1.807) is 12.4 Å².